The average Bonchev–Trinajstić information content (AvgIpc) is 2.51. The van der Waals surface area contributed by atoms with Crippen molar-refractivity contribution in [2.45, 2.75) is 39.5 Å². The predicted octanol–water partition coefficient (Wildman–Crippen LogP) is 3.40. The molecule has 5 heteroatoms. The summed E-state index contributed by atoms with van der Waals surface area (Å²) in [5.41, 5.74) is 5.45. The number of phenols is 2. The number of carbonyl (C=O) groups is 1. The van der Waals surface area contributed by atoms with E-state index in [0.717, 1.165) is 16.7 Å². The topological polar surface area (TPSA) is 81.9 Å². The van der Waals surface area contributed by atoms with E-state index in [9.17, 15) is 15.0 Å². The van der Waals surface area contributed by atoms with Crippen molar-refractivity contribution >= 4 is 12.1 Å². The molecule has 5 nitrogen and oxygen atoms in total. The average molecular weight is 340 g/mol. The van der Waals surface area contributed by atoms with Crippen LogP contribution in [0.1, 0.15) is 43.0 Å². The van der Waals surface area contributed by atoms with E-state index in [1.54, 1.807) is 12.1 Å². The maximum Gasteiger partial charge on any atom is 0.244 e. The van der Waals surface area contributed by atoms with Gasteiger partial charge in [-0.15, -0.1) is 0 Å². The Bertz CT molecular complexity index is 788. The quantitative estimate of drug-likeness (QED) is 0.589. The molecule has 0 heterocycles. The van der Waals surface area contributed by atoms with E-state index in [0.29, 0.717) is 5.56 Å². The molecule has 0 aliphatic heterocycles. The van der Waals surface area contributed by atoms with E-state index in [-0.39, 0.29) is 29.2 Å². The lowest BCUT2D eigenvalue weighted by molar-refractivity contribution is -0.120. The van der Waals surface area contributed by atoms with Gasteiger partial charge in [0.2, 0.25) is 5.91 Å². The summed E-state index contributed by atoms with van der Waals surface area (Å²) in [7, 11) is 0. The number of hydrogen-bond donors (Lipinski definition) is 3. The fraction of sp³-hybridized carbons (Fsp3) is 0.300. The van der Waals surface area contributed by atoms with Crippen LogP contribution >= 0.6 is 0 Å². The molecule has 2 rings (SSSR count). The van der Waals surface area contributed by atoms with Crippen molar-refractivity contribution in [1.29, 1.82) is 0 Å². The maximum atomic E-state index is 11.9. The molecule has 132 valence electrons. The highest BCUT2D eigenvalue weighted by Gasteiger charge is 2.20. The molecule has 0 aromatic heterocycles. The molecular weight excluding hydrogens is 316 g/mol. The van der Waals surface area contributed by atoms with E-state index in [1.807, 2.05) is 39.8 Å². The summed E-state index contributed by atoms with van der Waals surface area (Å²) < 4.78 is 0. The molecule has 0 atom stereocenters. The van der Waals surface area contributed by atoms with Gasteiger partial charge in [0.05, 0.1) is 12.6 Å². The third-order valence-corrected chi connectivity index (χ3v) is 3.79. The van der Waals surface area contributed by atoms with Crippen LogP contribution in [0.3, 0.4) is 0 Å². The van der Waals surface area contributed by atoms with Crippen molar-refractivity contribution in [1.82, 2.24) is 5.43 Å². The fourth-order valence-electron chi connectivity index (χ4n) is 2.49. The Hall–Kier alpha value is -2.82. The molecule has 0 fully saturated rings. The Kier molecular flexibility index (Phi) is 5.47. The lowest BCUT2D eigenvalue weighted by atomic mass is 9.84. The molecule has 0 spiro atoms. The van der Waals surface area contributed by atoms with E-state index >= 15 is 0 Å². The van der Waals surface area contributed by atoms with Crippen LogP contribution in [0.25, 0.3) is 0 Å². The molecule has 0 saturated carbocycles. The minimum atomic E-state index is -0.273. The zero-order valence-corrected chi connectivity index (χ0v) is 15.0. The molecule has 0 unspecified atom stereocenters. The van der Waals surface area contributed by atoms with Crippen LogP contribution in [-0.4, -0.2) is 22.3 Å². The number of phenolic OH excluding ortho intramolecular Hbond substituents is 2. The molecule has 0 bridgehead atoms. The van der Waals surface area contributed by atoms with Crippen LogP contribution in [0.15, 0.2) is 41.5 Å². The van der Waals surface area contributed by atoms with Gasteiger partial charge >= 0.3 is 0 Å². The molecule has 25 heavy (non-hydrogen) atoms. The number of rotatable bonds is 4. The van der Waals surface area contributed by atoms with Gasteiger partial charge in [-0.2, -0.15) is 5.10 Å². The third-order valence-electron chi connectivity index (χ3n) is 3.79. The summed E-state index contributed by atoms with van der Waals surface area (Å²) in [6.45, 7) is 8.04. The second-order valence-corrected chi connectivity index (χ2v) is 7.14. The third kappa shape index (κ3) is 5.08. The van der Waals surface area contributed by atoms with E-state index < -0.39 is 0 Å². The first kappa shape index (κ1) is 18.5. The number of nitrogens with zero attached hydrogens (tertiary/aromatic N) is 1. The first-order valence-corrected chi connectivity index (χ1v) is 8.10. The smallest absolute Gasteiger partial charge is 0.244 e. The molecular formula is C20H24N2O3. The lowest BCUT2D eigenvalue weighted by Crippen LogP contribution is -2.19. The Morgan fingerprint density at radius 1 is 1.16 bits per heavy atom. The van der Waals surface area contributed by atoms with Gasteiger partial charge in [-0.3, -0.25) is 4.79 Å². The molecule has 0 aliphatic rings. The number of hydrogen-bond acceptors (Lipinski definition) is 4. The van der Waals surface area contributed by atoms with Crippen LogP contribution in [0.4, 0.5) is 0 Å². The summed E-state index contributed by atoms with van der Waals surface area (Å²) in [5, 5.41) is 23.6. The van der Waals surface area contributed by atoms with Crippen molar-refractivity contribution in [2.24, 2.45) is 5.10 Å². The van der Waals surface area contributed by atoms with Crippen LogP contribution in [0.5, 0.6) is 11.5 Å². The fourth-order valence-corrected chi connectivity index (χ4v) is 2.49. The first-order valence-electron chi connectivity index (χ1n) is 8.10. The number of amides is 1. The van der Waals surface area contributed by atoms with Gasteiger partial charge in [-0.1, -0.05) is 39.0 Å². The van der Waals surface area contributed by atoms with Gasteiger partial charge in [-0.25, -0.2) is 5.43 Å². The van der Waals surface area contributed by atoms with Gasteiger partial charge in [0.25, 0.3) is 0 Å². The highest BCUT2D eigenvalue weighted by atomic mass is 16.3. The summed E-state index contributed by atoms with van der Waals surface area (Å²) in [4.78, 5) is 11.9. The predicted molar refractivity (Wildman–Crippen MR) is 99.1 cm³/mol. The molecule has 0 aliphatic carbocycles. The highest BCUT2D eigenvalue weighted by Crippen LogP contribution is 2.33. The van der Waals surface area contributed by atoms with Crippen LogP contribution in [0.2, 0.25) is 0 Å². The van der Waals surface area contributed by atoms with Crippen LogP contribution in [0, 0.1) is 6.92 Å². The van der Waals surface area contributed by atoms with Crippen LogP contribution in [-0.2, 0) is 16.6 Å². The maximum absolute atomic E-state index is 11.9. The molecule has 0 radical (unpaired) electrons. The zero-order chi connectivity index (χ0) is 18.6. The summed E-state index contributed by atoms with van der Waals surface area (Å²) in [6, 6.07) is 10.2. The van der Waals surface area contributed by atoms with Crippen molar-refractivity contribution in [3.63, 3.8) is 0 Å². The molecule has 1 amide bonds. The van der Waals surface area contributed by atoms with E-state index in [4.69, 9.17) is 0 Å². The SMILES string of the molecule is Cc1cc(/C=N/NC(=O)Cc2ccc(O)cc2)c(O)c(C(C)(C)C)c1. The number of nitrogens with one attached hydrogen (secondary N) is 1. The Balaban J connectivity index is 2.08. The van der Waals surface area contributed by atoms with Gasteiger partial charge in [-0.05, 0) is 41.7 Å². The summed E-state index contributed by atoms with van der Waals surface area (Å²) in [6.07, 6.45) is 1.61. The van der Waals surface area contributed by atoms with Gasteiger partial charge < -0.3 is 10.2 Å². The summed E-state index contributed by atoms with van der Waals surface area (Å²) >= 11 is 0. The minimum Gasteiger partial charge on any atom is -0.508 e. The Labute approximate surface area is 148 Å². The van der Waals surface area contributed by atoms with Crippen molar-refractivity contribution in [2.75, 3.05) is 0 Å². The zero-order valence-electron chi connectivity index (χ0n) is 15.0. The molecule has 2 aromatic carbocycles. The Morgan fingerprint density at radius 3 is 2.40 bits per heavy atom. The minimum absolute atomic E-state index is 0.157. The lowest BCUT2D eigenvalue weighted by Gasteiger charge is -2.22. The van der Waals surface area contributed by atoms with Gasteiger partial charge in [0.1, 0.15) is 11.5 Å². The molecule has 3 N–H and O–H groups in total. The Morgan fingerprint density at radius 2 is 1.80 bits per heavy atom. The molecule has 0 saturated heterocycles. The standard InChI is InChI=1S/C20H24N2O3/c1-13-9-15(19(25)17(10-13)20(2,3)4)12-21-22-18(24)11-14-5-7-16(23)8-6-14/h5-10,12,23,25H,11H2,1-4H3,(H,22,24)/b21-12+. The summed E-state index contributed by atoms with van der Waals surface area (Å²) in [5.74, 6) is 0.0616. The number of hydrazone groups is 1. The molecule has 2 aromatic rings. The number of carbonyl (C=O) groups excluding carboxylic acids is 1. The van der Waals surface area contributed by atoms with E-state index in [2.05, 4.69) is 10.5 Å². The van der Waals surface area contributed by atoms with Gasteiger partial charge in [0.15, 0.2) is 0 Å². The van der Waals surface area contributed by atoms with Crippen molar-refractivity contribution in [3.05, 3.63) is 58.7 Å². The number of benzene rings is 2. The second-order valence-electron chi connectivity index (χ2n) is 7.14. The van der Waals surface area contributed by atoms with Gasteiger partial charge in [0, 0.05) is 11.1 Å². The second kappa shape index (κ2) is 7.38. The number of aromatic hydroxyl groups is 2. The first-order chi connectivity index (χ1) is 11.7. The number of aryl methyl sites for hydroxylation is 1. The monoisotopic (exact) mass is 340 g/mol. The van der Waals surface area contributed by atoms with E-state index in [1.165, 1.54) is 18.3 Å². The van der Waals surface area contributed by atoms with Crippen molar-refractivity contribution < 1.29 is 15.0 Å². The largest absolute Gasteiger partial charge is 0.508 e. The van der Waals surface area contributed by atoms with Crippen LogP contribution < -0.4 is 5.43 Å². The normalized spacial score (nSPS) is 11.7. The highest BCUT2D eigenvalue weighted by molar-refractivity contribution is 5.86. The van der Waals surface area contributed by atoms with Crippen molar-refractivity contribution in [3.8, 4) is 11.5 Å².